The standard InChI is InChI=1S/C36H46N6O4S3.ClH/c1-4-42-31(49-33(34(42)44)35-40(2)27-17-16-25(46-3)22-29(27)48-35)21-24-13-9-12-20-41(24)19-11-6-5-10-18-37-30(43)15-8-7-14-28-32-26(23-47-28)38-36(45)39-32;/h9,12-13,16-17,20-22,26,28,32H,4-8,10-11,14-15,18-19,23H2,1-3H3,(H2-,37,38,39,43,45);1H/b35-33+;/t26-,28-,32-;/m0./s1. The van der Waals surface area contributed by atoms with E-state index in [2.05, 4.69) is 49.8 Å². The number of amides is 3. The Bertz CT molecular complexity index is 1850. The molecule has 0 aliphatic carbocycles. The SMILES string of the molecule is CCn1c(=O)/c(=C2\Sc3cc(OC)ccc3N2C)s/c1=C\c1cccc[n+]1CCCCCCNC(=O)CCCC[C@@H]1SC[C@@H]2NC(=O)N[C@@H]21.[Cl-]. The number of urea groups is 1. The van der Waals surface area contributed by atoms with Crippen molar-refractivity contribution < 1.29 is 31.3 Å². The molecular weight excluding hydrogens is 712 g/mol. The number of nitrogens with one attached hydrogen (secondary N) is 3. The minimum absolute atomic E-state index is 0. The van der Waals surface area contributed by atoms with Crippen molar-refractivity contribution in [2.75, 3.05) is 31.4 Å². The molecule has 0 saturated carbocycles. The summed E-state index contributed by atoms with van der Waals surface area (Å²) in [7, 11) is 3.69. The van der Waals surface area contributed by atoms with E-state index in [0.29, 0.717) is 18.2 Å². The summed E-state index contributed by atoms with van der Waals surface area (Å²) in [5.74, 6) is 1.92. The van der Waals surface area contributed by atoms with Gasteiger partial charge in [-0.15, -0.1) is 11.3 Å². The first-order valence-corrected chi connectivity index (χ1v) is 20.0. The Morgan fingerprint density at radius 3 is 2.76 bits per heavy atom. The van der Waals surface area contributed by atoms with Gasteiger partial charge in [-0.2, -0.15) is 16.3 Å². The summed E-state index contributed by atoms with van der Waals surface area (Å²) >= 11 is 5.09. The van der Waals surface area contributed by atoms with Gasteiger partial charge in [0.2, 0.25) is 11.6 Å². The first kappa shape index (κ1) is 38.1. The van der Waals surface area contributed by atoms with E-state index in [1.165, 1.54) is 0 Å². The van der Waals surface area contributed by atoms with Gasteiger partial charge in [0.05, 0.1) is 24.9 Å². The molecule has 3 amide bonds. The number of thioether (sulfide) groups is 2. The minimum Gasteiger partial charge on any atom is -1.00 e. The number of pyridine rings is 1. The summed E-state index contributed by atoms with van der Waals surface area (Å²) in [5, 5.41) is 10.5. The van der Waals surface area contributed by atoms with Crippen LogP contribution in [0.3, 0.4) is 0 Å². The van der Waals surface area contributed by atoms with E-state index in [1.807, 2.05) is 54.6 Å². The van der Waals surface area contributed by atoms with Gasteiger partial charge < -0.3 is 38.0 Å². The zero-order valence-electron chi connectivity index (χ0n) is 28.9. The number of fused-ring (bicyclic) bond motifs is 2. The van der Waals surface area contributed by atoms with Crippen LogP contribution in [0.5, 0.6) is 5.75 Å². The average Bonchev–Trinajstić information content (AvgIpc) is 3.84. The van der Waals surface area contributed by atoms with E-state index in [0.717, 1.165) is 100 Å². The van der Waals surface area contributed by atoms with Crippen LogP contribution in [0.25, 0.3) is 11.1 Å². The van der Waals surface area contributed by atoms with E-state index in [-0.39, 0.29) is 42.0 Å². The molecule has 5 heterocycles. The highest BCUT2D eigenvalue weighted by molar-refractivity contribution is 8.08. The second-order valence-corrected chi connectivity index (χ2v) is 16.0. The summed E-state index contributed by atoms with van der Waals surface area (Å²) in [6.07, 6.45) is 11.9. The molecule has 0 unspecified atom stereocenters. The van der Waals surface area contributed by atoms with Crippen LogP contribution in [-0.4, -0.2) is 60.3 Å². The summed E-state index contributed by atoms with van der Waals surface area (Å²) in [5.41, 5.74) is 2.20. The lowest BCUT2D eigenvalue weighted by Crippen LogP contribution is -3.00. The third-order valence-electron chi connectivity index (χ3n) is 9.44. The molecule has 1 aromatic carbocycles. The van der Waals surface area contributed by atoms with Crippen molar-refractivity contribution in [1.29, 1.82) is 0 Å². The highest BCUT2D eigenvalue weighted by Crippen LogP contribution is 2.46. The van der Waals surface area contributed by atoms with Crippen LogP contribution in [-0.2, 0) is 17.9 Å². The monoisotopic (exact) mass is 758 g/mol. The molecule has 14 heteroatoms. The average molecular weight is 759 g/mol. The number of rotatable bonds is 15. The number of aryl methyl sites for hydroxylation is 1. The largest absolute Gasteiger partial charge is 1.00 e. The normalized spacial score (nSPS) is 20.6. The van der Waals surface area contributed by atoms with E-state index >= 15 is 0 Å². The molecule has 3 N–H and O–H groups in total. The minimum atomic E-state index is -0.0461. The van der Waals surface area contributed by atoms with Crippen LogP contribution < -0.4 is 57.3 Å². The Kier molecular flexibility index (Phi) is 13.6. The third kappa shape index (κ3) is 8.83. The van der Waals surface area contributed by atoms with Crippen molar-refractivity contribution in [3.05, 3.63) is 67.8 Å². The maximum Gasteiger partial charge on any atom is 0.315 e. The molecule has 6 rings (SSSR count). The number of methoxy groups -OCH3 is 1. The number of nitrogens with zero attached hydrogens (tertiary/aromatic N) is 3. The van der Waals surface area contributed by atoms with Crippen molar-refractivity contribution in [2.45, 2.75) is 93.6 Å². The zero-order chi connectivity index (χ0) is 34.3. The number of hydrogen-bond donors (Lipinski definition) is 3. The van der Waals surface area contributed by atoms with Gasteiger partial charge in [-0.25, -0.2) is 4.79 Å². The van der Waals surface area contributed by atoms with Gasteiger partial charge in [0.25, 0.3) is 5.56 Å². The second-order valence-electron chi connectivity index (χ2n) is 12.7. The van der Waals surface area contributed by atoms with E-state index in [1.54, 1.807) is 30.2 Å². The molecule has 2 aromatic heterocycles. The maximum atomic E-state index is 13.6. The predicted molar refractivity (Wildman–Crippen MR) is 200 cm³/mol. The van der Waals surface area contributed by atoms with Gasteiger partial charge in [-0.1, -0.05) is 24.6 Å². The third-order valence-corrected chi connectivity index (χ3v) is 13.4. The number of halogens is 1. The number of hydrogen-bond acceptors (Lipinski definition) is 8. The fraction of sp³-hybridized carbons (Fsp3) is 0.500. The number of thiazole rings is 1. The topological polar surface area (TPSA) is 109 Å². The van der Waals surface area contributed by atoms with Crippen LogP contribution in [0.2, 0.25) is 0 Å². The Balaban J connectivity index is 0.00000486. The second kappa shape index (κ2) is 17.9. The van der Waals surface area contributed by atoms with Crippen LogP contribution in [0.15, 0.2) is 52.3 Å². The number of anilines is 1. The first-order valence-electron chi connectivity index (χ1n) is 17.4. The first-order chi connectivity index (χ1) is 23.9. The molecule has 50 heavy (non-hydrogen) atoms. The highest BCUT2D eigenvalue weighted by Gasteiger charge is 2.42. The van der Waals surface area contributed by atoms with Gasteiger partial charge >= 0.3 is 6.03 Å². The van der Waals surface area contributed by atoms with Crippen LogP contribution in [0.4, 0.5) is 10.5 Å². The number of carbonyl (C=O) groups is 2. The van der Waals surface area contributed by atoms with E-state index in [9.17, 15) is 14.4 Å². The van der Waals surface area contributed by atoms with Crippen molar-refractivity contribution in [2.24, 2.45) is 0 Å². The zero-order valence-corrected chi connectivity index (χ0v) is 32.1. The molecule has 0 radical (unpaired) electrons. The van der Waals surface area contributed by atoms with Crippen molar-refractivity contribution >= 4 is 63.6 Å². The molecule has 3 aliphatic heterocycles. The van der Waals surface area contributed by atoms with Gasteiger partial charge in [-0.3, -0.25) is 14.2 Å². The molecular formula is C36H47ClN6O4S3. The molecule has 3 atom stereocenters. The number of benzene rings is 1. The quantitative estimate of drug-likeness (QED) is 0.120. The van der Waals surface area contributed by atoms with Crippen LogP contribution in [0.1, 0.15) is 64.0 Å². The van der Waals surface area contributed by atoms with Gasteiger partial charge in [0.15, 0.2) is 6.20 Å². The number of ether oxygens (including phenoxy) is 1. The summed E-state index contributed by atoms with van der Waals surface area (Å²) in [4.78, 5) is 40.7. The Labute approximate surface area is 312 Å². The molecule has 3 aromatic rings. The maximum absolute atomic E-state index is 13.6. The summed E-state index contributed by atoms with van der Waals surface area (Å²) in [6, 6.07) is 12.7. The summed E-state index contributed by atoms with van der Waals surface area (Å²) in [6.45, 7) is 4.23. The lowest BCUT2D eigenvalue weighted by molar-refractivity contribution is -0.699. The lowest BCUT2D eigenvalue weighted by atomic mass is 10.0. The Morgan fingerprint density at radius 2 is 1.94 bits per heavy atom. The number of unbranched alkanes of at least 4 members (excludes halogenated alkanes) is 4. The van der Waals surface area contributed by atoms with Crippen molar-refractivity contribution in [3.8, 4) is 5.75 Å². The van der Waals surface area contributed by atoms with E-state index in [4.69, 9.17) is 4.74 Å². The lowest BCUT2D eigenvalue weighted by Gasteiger charge is -2.16. The highest BCUT2D eigenvalue weighted by atomic mass is 35.5. The molecule has 2 saturated heterocycles. The molecule has 0 spiro atoms. The van der Waals surface area contributed by atoms with E-state index < -0.39 is 0 Å². The van der Waals surface area contributed by atoms with Gasteiger partial charge in [-0.05, 0) is 56.9 Å². The fourth-order valence-corrected chi connectivity index (χ4v) is 10.8. The molecule has 0 bridgehead atoms. The van der Waals surface area contributed by atoms with Crippen LogP contribution >= 0.6 is 34.9 Å². The van der Waals surface area contributed by atoms with Crippen molar-refractivity contribution in [1.82, 2.24) is 20.5 Å². The Morgan fingerprint density at radius 1 is 1.10 bits per heavy atom. The smallest absolute Gasteiger partial charge is 0.315 e. The fourth-order valence-electron chi connectivity index (χ4n) is 6.73. The van der Waals surface area contributed by atoms with Crippen molar-refractivity contribution in [3.63, 3.8) is 0 Å². The molecule has 270 valence electrons. The summed E-state index contributed by atoms with van der Waals surface area (Å²) < 4.78 is 11.2. The van der Waals surface area contributed by atoms with Gasteiger partial charge in [0, 0.05) is 67.1 Å². The Hall–Kier alpha value is -3.13. The predicted octanol–water partition coefficient (Wildman–Crippen LogP) is 0.769. The number of aromatic nitrogens is 2. The van der Waals surface area contributed by atoms with Crippen LogP contribution in [0, 0.1) is 0 Å². The van der Waals surface area contributed by atoms with Gasteiger partial charge in [0.1, 0.15) is 26.5 Å². The molecule has 10 nitrogen and oxygen atoms in total. The molecule has 2 fully saturated rings. The molecule has 3 aliphatic rings. The number of carbonyl (C=O) groups excluding carboxylic acids is 2.